The Bertz CT molecular complexity index is 221. The van der Waals surface area contributed by atoms with E-state index < -0.39 is 7.75 Å². The van der Waals surface area contributed by atoms with E-state index in [4.69, 9.17) is 9.05 Å². The van der Waals surface area contributed by atoms with Crippen LogP contribution < -0.4 is 0 Å². The van der Waals surface area contributed by atoms with Crippen LogP contribution in [0.1, 0.15) is 47.5 Å². The second-order valence-corrected chi connectivity index (χ2v) is 5.97. The van der Waals surface area contributed by atoms with E-state index >= 15 is 0 Å². The fourth-order valence-electron chi connectivity index (χ4n) is 1.36. The van der Waals surface area contributed by atoms with Crippen molar-refractivity contribution in [1.82, 2.24) is 4.67 Å². The van der Waals surface area contributed by atoms with Gasteiger partial charge in [0, 0.05) is 13.1 Å². The number of hydrogen-bond acceptors (Lipinski definition) is 3. The highest BCUT2D eigenvalue weighted by Crippen LogP contribution is 2.52. The molecular weight excluding hydrogens is 225 g/mol. The van der Waals surface area contributed by atoms with Crippen LogP contribution in [0.15, 0.2) is 0 Å². The average molecular weight is 251 g/mol. The summed E-state index contributed by atoms with van der Waals surface area (Å²) in [6.45, 7) is 11.7. The van der Waals surface area contributed by atoms with Crippen molar-refractivity contribution in [2.45, 2.75) is 53.6 Å². The maximum absolute atomic E-state index is 12.6. The number of rotatable bonds is 9. The molecule has 0 rings (SSSR count). The fraction of sp³-hybridized carbons (Fsp3) is 1.00. The number of hydrogen-bond donors (Lipinski definition) is 0. The van der Waals surface area contributed by atoms with E-state index in [1.54, 1.807) is 0 Å². The molecule has 0 aliphatic heterocycles. The molecule has 0 spiro atoms. The molecule has 0 aromatic carbocycles. The van der Waals surface area contributed by atoms with E-state index in [-0.39, 0.29) is 6.10 Å². The smallest absolute Gasteiger partial charge is 0.297 e. The van der Waals surface area contributed by atoms with E-state index in [0.29, 0.717) is 13.2 Å². The summed E-state index contributed by atoms with van der Waals surface area (Å²) in [5.74, 6) is 0. The van der Waals surface area contributed by atoms with Crippen molar-refractivity contribution in [3.05, 3.63) is 0 Å². The van der Waals surface area contributed by atoms with Crippen molar-refractivity contribution >= 4 is 7.75 Å². The molecule has 0 saturated heterocycles. The van der Waals surface area contributed by atoms with Crippen LogP contribution in [0.4, 0.5) is 0 Å². The third-order valence-corrected chi connectivity index (χ3v) is 4.37. The lowest BCUT2D eigenvalue weighted by Crippen LogP contribution is -2.25. The van der Waals surface area contributed by atoms with Gasteiger partial charge >= 0.3 is 7.75 Å². The zero-order chi connectivity index (χ0) is 12.6. The molecule has 0 aromatic heterocycles. The van der Waals surface area contributed by atoms with Crippen LogP contribution in [-0.2, 0) is 13.6 Å². The monoisotopic (exact) mass is 251 g/mol. The second-order valence-electron chi connectivity index (χ2n) is 4.00. The molecule has 5 heteroatoms. The molecule has 0 aliphatic rings. The Morgan fingerprint density at radius 2 is 1.81 bits per heavy atom. The average Bonchev–Trinajstić information content (AvgIpc) is 2.22. The summed E-state index contributed by atoms with van der Waals surface area (Å²) in [5, 5.41) is 0. The van der Waals surface area contributed by atoms with Gasteiger partial charge in [-0.1, -0.05) is 20.8 Å². The van der Waals surface area contributed by atoms with Crippen molar-refractivity contribution in [3.8, 4) is 0 Å². The van der Waals surface area contributed by atoms with Crippen LogP contribution in [0.3, 0.4) is 0 Å². The minimum Gasteiger partial charge on any atom is -0.297 e. The molecule has 0 amide bonds. The highest BCUT2D eigenvalue weighted by atomic mass is 31.2. The molecule has 0 heterocycles. The molecule has 0 saturated carbocycles. The van der Waals surface area contributed by atoms with E-state index in [2.05, 4.69) is 6.92 Å². The van der Waals surface area contributed by atoms with Gasteiger partial charge in [-0.2, -0.15) is 0 Å². The first-order chi connectivity index (χ1) is 7.50. The summed E-state index contributed by atoms with van der Waals surface area (Å²) in [7, 11) is -3.09. The zero-order valence-corrected chi connectivity index (χ0v) is 12.1. The van der Waals surface area contributed by atoms with Crippen LogP contribution >= 0.6 is 7.75 Å². The van der Waals surface area contributed by atoms with Gasteiger partial charge in [0.05, 0.1) is 12.7 Å². The van der Waals surface area contributed by atoms with Gasteiger partial charge in [0.25, 0.3) is 0 Å². The van der Waals surface area contributed by atoms with Crippen LogP contribution in [0.2, 0.25) is 0 Å². The lowest BCUT2D eigenvalue weighted by Gasteiger charge is -2.30. The van der Waals surface area contributed by atoms with E-state index in [9.17, 15) is 4.57 Å². The molecule has 0 radical (unpaired) electrons. The van der Waals surface area contributed by atoms with Gasteiger partial charge in [-0.15, -0.1) is 0 Å². The van der Waals surface area contributed by atoms with Crippen LogP contribution in [0, 0.1) is 0 Å². The largest absolute Gasteiger partial charge is 0.408 e. The highest BCUT2D eigenvalue weighted by molar-refractivity contribution is 7.51. The van der Waals surface area contributed by atoms with Crippen molar-refractivity contribution in [2.75, 3.05) is 19.7 Å². The molecule has 4 nitrogen and oxygen atoms in total. The van der Waals surface area contributed by atoms with Gasteiger partial charge < -0.3 is 0 Å². The first kappa shape index (κ1) is 16.1. The molecule has 0 fully saturated rings. The van der Waals surface area contributed by atoms with E-state index in [1.807, 2.05) is 32.4 Å². The normalized spacial score (nSPS) is 15.7. The minimum atomic E-state index is -3.09. The Labute approximate surface area is 99.9 Å². The molecule has 0 N–H and O–H groups in total. The lowest BCUT2D eigenvalue weighted by molar-refractivity contribution is 0.129. The van der Waals surface area contributed by atoms with Crippen LogP contribution in [-0.4, -0.2) is 30.5 Å². The van der Waals surface area contributed by atoms with Gasteiger partial charge in [0.2, 0.25) is 0 Å². The van der Waals surface area contributed by atoms with Gasteiger partial charge in [-0.3, -0.25) is 9.05 Å². The lowest BCUT2D eigenvalue weighted by atomic mass is 10.5. The van der Waals surface area contributed by atoms with Crippen molar-refractivity contribution < 1.29 is 13.6 Å². The topological polar surface area (TPSA) is 38.8 Å². The predicted octanol–water partition coefficient (Wildman–Crippen LogP) is 3.68. The maximum atomic E-state index is 12.6. The molecule has 0 bridgehead atoms. The molecular formula is C11H26NO3P. The Morgan fingerprint density at radius 3 is 2.19 bits per heavy atom. The molecule has 1 atom stereocenters. The summed E-state index contributed by atoms with van der Waals surface area (Å²) >= 11 is 0. The van der Waals surface area contributed by atoms with Gasteiger partial charge in [0.1, 0.15) is 0 Å². The SMILES string of the molecule is CCCOP(=O)(OC(C)C)N(CC)CCC. The third-order valence-electron chi connectivity index (χ3n) is 2.00. The summed E-state index contributed by atoms with van der Waals surface area (Å²) in [5.41, 5.74) is 0. The third kappa shape index (κ3) is 5.44. The molecule has 98 valence electrons. The highest BCUT2D eigenvalue weighted by Gasteiger charge is 2.32. The van der Waals surface area contributed by atoms with Crippen molar-refractivity contribution in [3.63, 3.8) is 0 Å². The Morgan fingerprint density at radius 1 is 1.19 bits per heavy atom. The number of nitrogens with zero attached hydrogens (tertiary/aromatic N) is 1. The summed E-state index contributed by atoms with van der Waals surface area (Å²) in [4.78, 5) is 0. The molecule has 1 unspecified atom stereocenters. The summed E-state index contributed by atoms with van der Waals surface area (Å²) < 4.78 is 25.4. The van der Waals surface area contributed by atoms with Crippen LogP contribution in [0.25, 0.3) is 0 Å². The van der Waals surface area contributed by atoms with Gasteiger partial charge in [-0.25, -0.2) is 9.24 Å². The minimum absolute atomic E-state index is 0.0893. The Balaban J connectivity index is 4.65. The maximum Gasteiger partial charge on any atom is 0.408 e. The van der Waals surface area contributed by atoms with Crippen LogP contribution in [0.5, 0.6) is 0 Å². The molecule has 0 aliphatic carbocycles. The van der Waals surface area contributed by atoms with E-state index in [0.717, 1.165) is 19.4 Å². The van der Waals surface area contributed by atoms with Gasteiger partial charge in [0.15, 0.2) is 0 Å². The zero-order valence-electron chi connectivity index (χ0n) is 11.2. The second kappa shape index (κ2) is 8.24. The summed E-state index contributed by atoms with van der Waals surface area (Å²) in [6, 6.07) is 0. The molecule has 0 aromatic rings. The standard InChI is InChI=1S/C11H26NO3P/c1-6-9-12(8-3)16(13,14-10-7-2)15-11(4)5/h11H,6-10H2,1-5H3. The predicted molar refractivity (Wildman–Crippen MR) is 67.6 cm³/mol. The van der Waals surface area contributed by atoms with Crippen molar-refractivity contribution in [2.24, 2.45) is 0 Å². The summed E-state index contributed by atoms with van der Waals surface area (Å²) in [6.07, 6.45) is 1.69. The Kier molecular flexibility index (Phi) is 8.29. The quantitative estimate of drug-likeness (QED) is 0.586. The van der Waals surface area contributed by atoms with Crippen molar-refractivity contribution in [1.29, 1.82) is 0 Å². The van der Waals surface area contributed by atoms with Gasteiger partial charge in [-0.05, 0) is 26.7 Å². The first-order valence-electron chi connectivity index (χ1n) is 6.18. The van der Waals surface area contributed by atoms with E-state index in [1.165, 1.54) is 0 Å². The first-order valence-corrected chi connectivity index (χ1v) is 7.68. The Hall–Kier alpha value is 0.110. The molecule has 16 heavy (non-hydrogen) atoms. The fourth-order valence-corrected chi connectivity index (χ4v) is 3.46.